The van der Waals surface area contributed by atoms with Crippen LogP contribution in [0.15, 0.2) is 46.9 Å². The standard InChI is InChI=1S/C14H12BrN3OS/c15-10-5-2-6-11(12(10)14(17)20)18-9-4-1-3-8(7-9)13(16)19/h1-7,18H,(H2,16,19)(H2,17,20). The van der Waals surface area contributed by atoms with E-state index in [1.807, 2.05) is 24.3 Å². The first-order valence-corrected chi connectivity index (χ1v) is 6.94. The summed E-state index contributed by atoms with van der Waals surface area (Å²) in [5.41, 5.74) is 13.6. The fourth-order valence-corrected chi connectivity index (χ4v) is 2.72. The van der Waals surface area contributed by atoms with E-state index in [2.05, 4.69) is 21.2 Å². The zero-order valence-electron chi connectivity index (χ0n) is 10.4. The number of halogens is 1. The van der Waals surface area contributed by atoms with Crippen molar-refractivity contribution < 1.29 is 4.79 Å². The predicted molar refractivity (Wildman–Crippen MR) is 88.3 cm³/mol. The second kappa shape index (κ2) is 6.02. The molecule has 5 N–H and O–H groups in total. The van der Waals surface area contributed by atoms with Crippen LogP contribution in [-0.2, 0) is 0 Å². The van der Waals surface area contributed by atoms with Gasteiger partial charge in [0.15, 0.2) is 0 Å². The van der Waals surface area contributed by atoms with Crippen molar-refractivity contribution in [2.45, 2.75) is 0 Å². The van der Waals surface area contributed by atoms with Crippen LogP contribution in [0, 0.1) is 0 Å². The van der Waals surface area contributed by atoms with Crippen molar-refractivity contribution in [2.24, 2.45) is 11.5 Å². The van der Waals surface area contributed by atoms with Gasteiger partial charge in [-0.15, -0.1) is 0 Å². The third-order valence-corrected chi connectivity index (χ3v) is 3.55. The van der Waals surface area contributed by atoms with Crippen LogP contribution < -0.4 is 16.8 Å². The molecular weight excluding hydrogens is 338 g/mol. The molecule has 0 saturated carbocycles. The van der Waals surface area contributed by atoms with Gasteiger partial charge in [-0.25, -0.2) is 0 Å². The summed E-state index contributed by atoms with van der Waals surface area (Å²) in [7, 11) is 0. The van der Waals surface area contributed by atoms with Crippen LogP contribution in [0.1, 0.15) is 15.9 Å². The number of rotatable bonds is 4. The Hall–Kier alpha value is -1.92. The zero-order valence-corrected chi connectivity index (χ0v) is 12.8. The second-order valence-electron chi connectivity index (χ2n) is 4.10. The average Bonchev–Trinajstić information content (AvgIpc) is 2.38. The number of primary amides is 1. The van der Waals surface area contributed by atoms with Crippen LogP contribution in [-0.4, -0.2) is 10.9 Å². The molecule has 0 aromatic heterocycles. The summed E-state index contributed by atoms with van der Waals surface area (Å²) in [6.07, 6.45) is 0. The lowest BCUT2D eigenvalue weighted by molar-refractivity contribution is 0.100. The summed E-state index contributed by atoms with van der Waals surface area (Å²) < 4.78 is 0.807. The molecule has 0 aliphatic heterocycles. The summed E-state index contributed by atoms with van der Waals surface area (Å²) in [6.45, 7) is 0. The van der Waals surface area contributed by atoms with Gasteiger partial charge >= 0.3 is 0 Å². The molecule has 2 aromatic carbocycles. The number of benzene rings is 2. The van der Waals surface area contributed by atoms with E-state index in [4.69, 9.17) is 23.7 Å². The lowest BCUT2D eigenvalue weighted by atomic mass is 10.1. The molecule has 0 radical (unpaired) electrons. The van der Waals surface area contributed by atoms with Crippen molar-refractivity contribution in [1.82, 2.24) is 0 Å². The number of nitrogens with two attached hydrogens (primary N) is 2. The molecule has 0 heterocycles. The normalized spacial score (nSPS) is 10.1. The molecule has 2 rings (SSSR count). The molecule has 20 heavy (non-hydrogen) atoms. The van der Waals surface area contributed by atoms with Crippen molar-refractivity contribution in [2.75, 3.05) is 5.32 Å². The van der Waals surface area contributed by atoms with Crippen molar-refractivity contribution in [3.05, 3.63) is 58.1 Å². The van der Waals surface area contributed by atoms with Crippen molar-refractivity contribution in [3.8, 4) is 0 Å². The van der Waals surface area contributed by atoms with Crippen LogP contribution in [0.3, 0.4) is 0 Å². The molecule has 0 saturated heterocycles. The highest BCUT2D eigenvalue weighted by Crippen LogP contribution is 2.27. The van der Waals surface area contributed by atoms with Gasteiger partial charge in [0.05, 0.1) is 0 Å². The molecule has 0 atom stereocenters. The van der Waals surface area contributed by atoms with Gasteiger partial charge in [0.25, 0.3) is 0 Å². The minimum Gasteiger partial charge on any atom is -0.389 e. The Labute approximate surface area is 130 Å². The predicted octanol–water partition coefficient (Wildman–Crippen LogP) is 2.93. The van der Waals surface area contributed by atoms with Crippen LogP contribution in [0.4, 0.5) is 11.4 Å². The van der Waals surface area contributed by atoms with E-state index >= 15 is 0 Å². The monoisotopic (exact) mass is 349 g/mol. The molecule has 0 aliphatic rings. The Bertz CT molecular complexity index is 688. The summed E-state index contributed by atoms with van der Waals surface area (Å²) >= 11 is 8.47. The highest BCUT2D eigenvalue weighted by atomic mass is 79.9. The van der Waals surface area contributed by atoms with Gasteiger partial charge in [0.1, 0.15) is 4.99 Å². The fraction of sp³-hybridized carbons (Fsp3) is 0. The second-order valence-corrected chi connectivity index (χ2v) is 5.39. The summed E-state index contributed by atoms with van der Waals surface area (Å²) in [6, 6.07) is 12.5. The highest BCUT2D eigenvalue weighted by molar-refractivity contribution is 9.10. The molecule has 6 heteroatoms. The smallest absolute Gasteiger partial charge is 0.248 e. The quantitative estimate of drug-likeness (QED) is 0.741. The maximum absolute atomic E-state index is 11.2. The zero-order chi connectivity index (χ0) is 14.7. The Morgan fingerprint density at radius 2 is 1.85 bits per heavy atom. The lowest BCUT2D eigenvalue weighted by Gasteiger charge is -2.13. The Balaban J connectivity index is 2.40. The van der Waals surface area contributed by atoms with E-state index in [1.54, 1.807) is 18.2 Å². The van der Waals surface area contributed by atoms with E-state index in [0.29, 0.717) is 11.1 Å². The molecule has 0 fully saturated rings. The van der Waals surface area contributed by atoms with Crippen LogP contribution in [0.2, 0.25) is 0 Å². The number of thiocarbonyl (C=S) groups is 1. The maximum atomic E-state index is 11.2. The molecule has 102 valence electrons. The molecule has 0 unspecified atom stereocenters. The molecular formula is C14H12BrN3OS. The minimum atomic E-state index is -0.475. The van der Waals surface area contributed by atoms with Gasteiger partial charge in [0, 0.05) is 27.0 Å². The first-order valence-electron chi connectivity index (χ1n) is 5.74. The summed E-state index contributed by atoms with van der Waals surface area (Å²) in [5.74, 6) is -0.475. The average molecular weight is 350 g/mol. The number of carbonyl (C=O) groups is 1. The van der Waals surface area contributed by atoms with E-state index < -0.39 is 5.91 Å². The first kappa shape index (κ1) is 14.5. The van der Waals surface area contributed by atoms with Crippen molar-refractivity contribution >= 4 is 50.4 Å². The van der Waals surface area contributed by atoms with Crippen molar-refractivity contribution in [1.29, 1.82) is 0 Å². The van der Waals surface area contributed by atoms with E-state index in [-0.39, 0.29) is 4.99 Å². The number of anilines is 2. The Morgan fingerprint density at radius 3 is 2.50 bits per heavy atom. The summed E-state index contributed by atoms with van der Waals surface area (Å²) in [4.78, 5) is 11.5. The molecule has 2 aromatic rings. The van der Waals surface area contributed by atoms with Crippen LogP contribution in [0.5, 0.6) is 0 Å². The van der Waals surface area contributed by atoms with Gasteiger partial charge in [-0.2, -0.15) is 0 Å². The summed E-state index contributed by atoms with van der Waals surface area (Å²) in [5, 5.41) is 3.18. The number of carbonyl (C=O) groups excluding carboxylic acids is 1. The molecule has 1 amide bonds. The van der Waals surface area contributed by atoms with Crippen LogP contribution >= 0.6 is 28.1 Å². The topological polar surface area (TPSA) is 81.1 Å². The molecule has 0 bridgehead atoms. The van der Waals surface area contributed by atoms with Gasteiger partial charge in [0.2, 0.25) is 5.91 Å². The number of hydrogen-bond donors (Lipinski definition) is 3. The van der Waals surface area contributed by atoms with E-state index in [1.165, 1.54) is 0 Å². The van der Waals surface area contributed by atoms with E-state index in [9.17, 15) is 4.79 Å². The Kier molecular flexibility index (Phi) is 4.36. The first-order chi connectivity index (χ1) is 9.49. The Morgan fingerprint density at radius 1 is 1.15 bits per heavy atom. The third-order valence-electron chi connectivity index (χ3n) is 2.69. The minimum absolute atomic E-state index is 0.283. The third kappa shape index (κ3) is 3.15. The van der Waals surface area contributed by atoms with Gasteiger partial charge in [-0.3, -0.25) is 4.79 Å². The fourth-order valence-electron chi connectivity index (χ4n) is 1.78. The van der Waals surface area contributed by atoms with Gasteiger partial charge in [-0.05, 0) is 46.3 Å². The molecule has 0 spiro atoms. The number of amides is 1. The van der Waals surface area contributed by atoms with Gasteiger partial charge < -0.3 is 16.8 Å². The molecule has 0 aliphatic carbocycles. The van der Waals surface area contributed by atoms with Crippen LogP contribution in [0.25, 0.3) is 0 Å². The maximum Gasteiger partial charge on any atom is 0.248 e. The lowest BCUT2D eigenvalue weighted by Crippen LogP contribution is -2.13. The van der Waals surface area contributed by atoms with E-state index in [0.717, 1.165) is 15.8 Å². The molecule has 4 nitrogen and oxygen atoms in total. The largest absolute Gasteiger partial charge is 0.389 e. The highest BCUT2D eigenvalue weighted by Gasteiger charge is 2.10. The number of hydrogen-bond acceptors (Lipinski definition) is 3. The number of nitrogens with one attached hydrogen (secondary N) is 1. The van der Waals surface area contributed by atoms with Crippen molar-refractivity contribution in [3.63, 3.8) is 0 Å². The van der Waals surface area contributed by atoms with Gasteiger partial charge in [-0.1, -0.05) is 24.4 Å². The SMILES string of the molecule is NC(=O)c1cccc(Nc2cccc(Br)c2C(N)=S)c1.